The molecule has 2 saturated heterocycles. The average Bonchev–Trinajstić information content (AvgIpc) is 3.62. The summed E-state index contributed by atoms with van der Waals surface area (Å²) in [5.41, 5.74) is 1.45. The Morgan fingerprint density at radius 2 is 1.81 bits per heavy atom. The topological polar surface area (TPSA) is 82.4 Å². The molecule has 2 aromatic carbocycles. The lowest BCUT2D eigenvalue weighted by Gasteiger charge is -2.38. The van der Waals surface area contributed by atoms with Gasteiger partial charge in [0.05, 0.1) is 22.9 Å². The second-order valence-electron chi connectivity index (χ2n) is 9.79. The third kappa shape index (κ3) is 4.26. The second kappa shape index (κ2) is 8.50. The molecule has 2 aromatic heterocycles. The van der Waals surface area contributed by atoms with E-state index in [9.17, 15) is 22.8 Å². The molecule has 0 unspecified atom stereocenters. The number of likely N-dealkylation sites (tertiary alicyclic amines) is 1. The van der Waals surface area contributed by atoms with E-state index in [1.807, 2.05) is 0 Å². The van der Waals surface area contributed by atoms with Crippen molar-refractivity contribution in [2.24, 2.45) is 5.41 Å². The first-order valence-corrected chi connectivity index (χ1v) is 12.0. The SMILES string of the molecule is O=C(c1ccc2nc(-c3ccco3)[nH]c2c1)N1CCC2(CC1)CC(=O)N(c1ccc(C(F)(F)F)cc1)C2. The highest BCUT2D eigenvalue weighted by Crippen LogP contribution is 2.43. The highest BCUT2D eigenvalue weighted by molar-refractivity contribution is 5.98. The van der Waals surface area contributed by atoms with Crippen LogP contribution in [0.2, 0.25) is 0 Å². The van der Waals surface area contributed by atoms with Gasteiger partial charge in [-0.05, 0) is 67.4 Å². The van der Waals surface area contributed by atoms with Crippen molar-refractivity contribution in [2.75, 3.05) is 24.5 Å². The van der Waals surface area contributed by atoms with Crippen molar-refractivity contribution in [3.63, 3.8) is 0 Å². The van der Waals surface area contributed by atoms with Crippen molar-refractivity contribution in [2.45, 2.75) is 25.4 Å². The lowest BCUT2D eigenvalue weighted by atomic mass is 9.77. The van der Waals surface area contributed by atoms with E-state index in [0.29, 0.717) is 61.7 Å². The van der Waals surface area contributed by atoms with E-state index in [1.165, 1.54) is 12.1 Å². The highest BCUT2D eigenvalue weighted by atomic mass is 19.4. The molecule has 4 heterocycles. The van der Waals surface area contributed by atoms with Crippen molar-refractivity contribution in [1.29, 1.82) is 0 Å². The van der Waals surface area contributed by atoms with E-state index in [-0.39, 0.29) is 17.2 Å². The number of anilines is 1. The number of fused-ring (bicyclic) bond motifs is 1. The van der Waals surface area contributed by atoms with Gasteiger partial charge in [-0.25, -0.2) is 4.98 Å². The minimum atomic E-state index is -4.42. The molecule has 4 aromatic rings. The van der Waals surface area contributed by atoms with Gasteiger partial charge in [0.2, 0.25) is 5.91 Å². The zero-order valence-electron chi connectivity index (χ0n) is 19.7. The van der Waals surface area contributed by atoms with Crippen molar-refractivity contribution >= 4 is 28.5 Å². The van der Waals surface area contributed by atoms with Crippen LogP contribution < -0.4 is 4.90 Å². The first-order chi connectivity index (χ1) is 17.7. The minimum absolute atomic E-state index is 0.0881. The molecule has 1 N–H and O–H groups in total. The van der Waals surface area contributed by atoms with E-state index in [1.54, 1.807) is 46.4 Å². The number of imidazole rings is 1. The Labute approximate surface area is 209 Å². The first-order valence-electron chi connectivity index (χ1n) is 12.0. The van der Waals surface area contributed by atoms with Gasteiger partial charge in [0, 0.05) is 42.7 Å². The Balaban J connectivity index is 1.13. The largest absolute Gasteiger partial charge is 0.461 e. The third-order valence-corrected chi connectivity index (χ3v) is 7.42. The van der Waals surface area contributed by atoms with Crippen LogP contribution in [0.4, 0.5) is 18.9 Å². The molecule has 7 nitrogen and oxygen atoms in total. The van der Waals surface area contributed by atoms with Crippen LogP contribution in [-0.2, 0) is 11.0 Å². The van der Waals surface area contributed by atoms with E-state index in [4.69, 9.17) is 4.42 Å². The fraction of sp³-hybridized carbons (Fsp3) is 0.296. The van der Waals surface area contributed by atoms with Gasteiger partial charge in [0.1, 0.15) is 0 Å². The van der Waals surface area contributed by atoms with Crippen LogP contribution in [-0.4, -0.2) is 46.3 Å². The number of hydrogen-bond acceptors (Lipinski definition) is 4. The minimum Gasteiger partial charge on any atom is -0.461 e. The second-order valence-corrected chi connectivity index (χ2v) is 9.79. The predicted octanol–water partition coefficient (Wildman–Crippen LogP) is 5.50. The summed E-state index contributed by atoms with van der Waals surface area (Å²) >= 11 is 0. The molecule has 6 rings (SSSR count). The lowest BCUT2D eigenvalue weighted by molar-refractivity contribution is -0.137. The Morgan fingerprint density at radius 1 is 1.05 bits per heavy atom. The number of benzene rings is 2. The third-order valence-electron chi connectivity index (χ3n) is 7.42. The fourth-order valence-corrected chi connectivity index (χ4v) is 5.34. The Kier molecular flexibility index (Phi) is 5.36. The summed E-state index contributed by atoms with van der Waals surface area (Å²) in [4.78, 5) is 37.1. The van der Waals surface area contributed by atoms with Crippen LogP contribution in [0.1, 0.15) is 35.2 Å². The van der Waals surface area contributed by atoms with Crippen LogP contribution in [0.3, 0.4) is 0 Å². The van der Waals surface area contributed by atoms with E-state index in [0.717, 1.165) is 23.2 Å². The molecule has 190 valence electrons. The molecular formula is C27H23F3N4O3. The number of halogens is 3. The molecule has 0 bridgehead atoms. The number of nitrogens with zero attached hydrogens (tertiary/aromatic N) is 3. The molecule has 2 aliphatic rings. The number of carbonyl (C=O) groups excluding carboxylic acids is 2. The molecule has 1 spiro atoms. The number of alkyl halides is 3. The van der Waals surface area contributed by atoms with Gasteiger partial charge in [-0.2, -0.15) is 13.2 Å². The van der Waals surface area contributed by atoms with Crippen LogP contribution in [0.15, 0.2) is 65.3 Å². The molecule has 0 saturated carbocycles. The van der Waals surface area contributed by atoms with Gasteiger partial charge in [-0.15, -0.1) is 0 Å². The van der Waals surface area contributed by atoms with Gasteiger partial charge in [0.15, 0.2) is 11.6 Å². The number of amides is 2. The summed E-state index contributed by atoms with van der Waals surface area (Å²) in [7, 11) is 0. The molecule has 37 heavy (non-hydrogen) atoms. The summed E-state index contributed by atoms with van der Waals surface area (Å²) in [5.74, 6) is 1.02. The van der Waals surface area contributed by atoms with Gasteiger partial charge in [-0.1, -0.05) is 0 Å². The molecule has 0 atom stereocenters. The van der Waals surface area contributed by atoms with Crippen LogP contribution >= 0.6 is 0 Å². The summed E-state index contributed by atoms with van der Waals surface area (Å²) in [6, 6.07) is 13.6. The molecule has 2 fully saturated rings. The average molecular weight is 509 g/mol. The Hall–Kier alpha value is -4.08. The maximum atomic E-state index is 13.2. The van der Waals surface area contributed by atoms with Crippen LogP contribution in [0.5, 0.6) is 0 Å². The molecule has 2 amide bonds. The summed E-state index contributed by atoms with van der Waals surface area (Å²) in [5, 5.41) is 0. The van der Waals surface area contributed by atoms with Crippen molar-refractivity contribution < 1.29 is 27.2 Å². The van der Waals surface area contributed by atoms with Crippen LogP contribution in [0, 0.1) is 5.41 Å². The fourth-order valence-electron chi connectivity index (χ4n) is 5.34. The van der Waals surface area contributed by atoms with Gasteiger partial charge < -0.3 is 19.2 Å². The summed E-state index contributed by atoms with van der Waals surface area (Å²) in [6.07, 6.45) is -1.22. The monoisotopic (exact) mass is 508 g/mol. The van der Waals surface area contributed by atoms with Crippen molar-refractivity contribution in [3.05, 3.63) is 72.0 Å². The lowest BCUT2D eigenvalue weighted by Crippen LogP contribution is -2.44. The standard InChI is InChI=1S/C27H23F3N4O3/c28-27(29,30)18-4-6-19(7-5-18)34-16-26(15-23(34)35)9-11-33(12-10-26)25(36)17-3-8-20-21(14-17)32-24(31-20)22-2-1-13-37-22/h1-8,13-14H,9-12,15-16H2,(H,31,32). The van der Waals surface area contributed by atoms with Gasteiger partial charge in [-0.3, -0.25) is 9.59 Å². The number of carbonyl (C=O) groups is 2. The molecule has 0 aliphatic carbocycles. The van der Waals surface area contributed by atoms with E-state index < -0.39 is 11.7 Å². The van der Waals surface area contributed by atoms with Crippen molar-refractivity contribution in [1.82, 2.24) is 14.9 Å². The number of hydrogen-bond donors (Lipinski definition) is 1. The number of aromatic amines is 1. The highest BCUT2D eigenvalue weighted by Gasteiger charge is 2.46. The van der Waals surface area contributed by atoms with Crippen LogP contribution in [0.25, 0.3) is 22.6 Å². The van der Waals surface area contributed by atoms with E-state index in [2.05, 4.69) is 9.97 Å². The van der Waals surface area contributed by atoms with Gasteiger partial charge in [0.25, 0.3) is 5.91 Å². The quantitative estimate of drug-likeness (QED) is 0.396. The molecule has 10 heteroatoms. The number of furan rings is 1. The number of H-pyrrole nitrogens is 1. The first kappa shape index (κ1) is 23.3. The maximum Gasteiger partial charge on any atom is 0.416 e. The zero-order valence-corrected chi connectivity index (χ0v) is 19.7. The van der Waals surface area contributed by atoms with Crippen molar-refractivity contribution in [3.8, 4) is 11.6 Å². The number of piperidine rings is 1. The molecule has 2 aliphatic heterocycles. The normalized spacial score (nSPS) is 17.8. The summed E-state index contributed by atoms with van der Waals surface area (Å²) < 4.78 is 44.1. The summed E-state index contributed by atoms with van der Waals surface area (Å²) in [6.45, 7) is 1.45. The number of rotatable bonds is 3. The Bertz CT molecular complexity index is 1470. The number of aromatic nitrogens is 2. The van der Waals surface area contributed by atoms with Gasteiger partial charge >= 0.3 is 6.18 Å². The maximum absolute atomic E-state index is 13.2. The van der Waals surface area contributed by atoms with E-state index >= 15 is 0 Å². The number of nitrogens with one attached hydrogen (secondary N) is 1. The molecule has 0 radical (unpaired) electrons. The zero-order chi connectivity index (χ0) is 25.8. The Morgan fingerprint density at radius 3 is 2.49 bits per heavy atom. The predicted molar refractivity (Wildman–Crippen MR) is 130 cm³/mol. The molecular weight excluding hydrogens is 485 g/mol. The smallest absolute Gasteiger partial charge is 0.416 e.